The van der Waals surface area contributed by atoms with E-state index in [1.165, 1.54) is 0 Å². The summed E-state index contributed by atoms with van der Waals surface area (Å²) in [5.41, 5.74) is 7.65. The molecule has 1 aliphatic heterocycles. The Morgan fingerprint density at radius 1 is 1.00 bits per heavy atom. The number of rotatable bonds is 6. The van der Waals surface area contributed by atoms with Gasteiger partial charge < -0.3 is 15.6 Å². The first kappa shape index (κ1) is 17.9. The maximum Gasteiger partial charge on any atom is 0.346 e. The van der Waals surface area contributed by atoms with Crippen molar-refractivity contribution in [3.8, 4) is 0 Å². The molecule has 0 unspecified atom stereocenters. The lowest BCUT2D eigenvalue weighted by Crippen LogP contribution is -2.29. The summed E-state index contributed by atoms with van der Waals surface area (Å²) in [5.74, 6) is -1.69. The van der Waals surface area contributed by atoms with Gasteiger partial charge in [0.15, 0.2) is 6.10 Å². The molecule has 1 aliphatic rings. The second kappa shape index (κ2) is 7.97. The monoisotopic (exact) mass is 351 g/mol. The number of hydrogen-bond donors (Lipinski definition) is 2. The summed E-state index contributed by atoms with van der Waals surface area (Å²) in [4.78, 5) is 24.6. The van der Waals surface area contributed by atoms with E-state index < -0.39 is 29.7 Å². The molecule has 0 aromatic heterocycles. The van der Waals surface area contributed by atoms with E-state index in [9.17, 15) is 14.7 Å². The van der Waals surface area contributed by atoms with Gasteiger partial charge in [0.1, 0.15) is 11.3 Å². The van der Waals surface area contributed by atoms with Gasteiger partial charge in [-0.1, -0.05) is 60.7 Å². The van der Waals surface area contributed by atoms with Gasteiger partial charge in [0.05, 0.1) is 6.04 Å². The SMILES string of the molecule is N[C@H](Cc1ccccc1)C(O)=C1C(=O)O[C@H](CCc2ccccc2)C1=O. The summed E-state index contributed by atoms with van der Waals surface area (Å²) < 4.78 is 5.17. The first-order chi connectivity index (χ1) is 12.6. The van der Waals surface area contributed by atoms with Crippen LogP contribution in [0, 0.1) is 0 Å². The van der Waals surface area contributed by atoms with E-state index >= 15 is 0 Å². The number of aliphatic hydroxyl groups is 1. The summed E-state index contributed by atoms with van der Waals surface area (Å²) >= 11 is 0. The lowest BCUT2D eigenvalue weighted by molar-refractivity contribution is -0.141. The molecule has 3 rings (SSSR count). The molecule has 3 N–H and O–H groups in total. The molecule has 5 heteroatoms. The van der Waals surface area contributed by atoms with Crippen molar-refractivity contribution in [3.63, 3.8) is 0 Å². The van der Waals surface area contributed by atoms with E-state index in [1.807, 2.05) is 60.7 Å². The van der Waals surface area contributed by atoms with E-state index in [2.05, 4.69) is 0 Å². The van der Waals surface area contributed by atoms with Gasteiger partial charge in [-0.05, 0) is 30.4 Å². The van der Waals surface area contributed by atoms with Crippen LogP contribution in [-0.4, -0.2) is 29.0 Å². The van der Waals surface area contributed by atoms with Gasteiger partial charge in [0.2, 0.25) is 5.78 Å². The Bertz CT molecular complexity index is 814. The molecule has 0 saturated carbocycles. The molecule has 5 nitrogen and oxygen atoms in total. The number of aliphatic hydroxyl groups excluding tert-OH is 1. The van der Waals surface area contributed by atoms with Crippen LogP contribution >= 0.6 is 0 Å². The van der Waals surface area contributed by atoms with E-state index in [0.717, 1.165) is 11.1 Å². The van der Waals surface area contributed by atoms with Crippen LogP contribution in [-0.2, 0) is 27.2 Å². The van der Waals surface area contributed by atoms with Crippen molar-refractivity contribution >= 4 is 11.8 Å². The number of cyclic esters (lactones) is 1. The average Bonchev–Trinajstić information content (AvgIpc) is 2.94. The van der Waals surface area contributed by atoms with Crippen LogP contribution in [0.25, 0.3) is 0 Å². The van der Waals surface area contributed by atoms with Gasteiger partial charge in [-0.2, -0.15) is 0 Å². The second-order valence-corrected chi connectivity index (χ2v) is 6.34. The Balaban J connectivity index is 1.69. The van der Waals surface area contributed by atoms with Gasteiger partial charge in [0, 0.05) is 0 Å². The fourth-order valence-electron chi connectivity index (χ4n) is 3.02. The number of nitrogens with two attached hydrogens (primary N) is 1. The fraction of sp³-hybridized carbons (Fsp3) is 0.238. The molecule has 0 spiro atoms. The second-order valence-electron chi connectivity index (χ2n) is 6.34. The van der Waals surface area contributed by atoms with Gasteiger partial charge in [-0.15, -0.1) is 0 Å². The van der Waals surface area contributed by atoms with Gasteiger partial charge >= 0.3 is 5.97 Å². The number of benzene rings is 2. The summed E-state index contributed by atoms with van der Waals surface area (Å²) in [6, 6.07) is 18.1. The molecule has 0 radical (unpaired) electrons. The predicted molar refractivity (Wildman–Crippen MR) is 97.4 cm³/mol. The zero-order valence-corrected chi connectivity index (χ0v) is 14.3. The van der Waals surface area contributed by atoms with Crippen molar-refractivity contribution in [2.75, 3.05) is 0 Å². The Morgan fingerprint density at radius 2 is 1.58 bits per heavy atom. The van der Waals surface area contributed by atoms with Crippen LogP contribution in [0.15, 0.2) is 72.0 Å². The maximum atomic E-state index is 12.5. The van der Waals surface area contributed by atoms with Crippen LogP contribution in [0.5, 0.6) is 0 Å². The molecule has 134 valence electrons. The van der Waals surface area contributed by atoms with Gasteiger partial charge in [-0.25, -0.2) is 4.79 Å². The van der Waals surface area contributed by atoms with Gasteiger partial charge in [-0.3, -0.25) is 4.79 Å². The molecule has 1 fully saturated rings. The van der Waals surface area contributed by atoms with Crippen molar-refractivity contribution in [3.05, 3.63) is 83.1 Å². The molecule has 2 atom stereocenters. The lowest BCUT2D eigenvalue weighted by atomic mass is 9.98. The van der Waals surface area contributed by atoms with E-state index in [4.69, 9.17) is 10.5 Å². The highest BCUT2D eigenvalue weighted by Gasteiger charge is 2.41. The standard InChI is InChI=1S/C21H21NO4/c22-16(13-15-9-5-2-6-10-15)19(23)18-20(24)17(26-21(18)25)12-11-14-7-3-1-4-8-14/h1-10,16-17,23H,11-13,22H2/t16-,17-/m1/s1. The van der Waals surface area contributed by atoms with Crippen LogP contribution < -0.4 is 5.73 Å². The molecule has 0 bridgehead atoms. The fourth-order valence-corrected chi connectivity index (χ4v) is 3.02. The number of ketones is 1. The molecule has 1 heterocycles. The number of esters is 1. The largest absolute Gasteiger partial charge is 0.510 e. The zero-order chi connectivity index (χ0) is 18.5. The third-order valence-electron chi connectivity index (χ3n) is 4.44. The zero-order valence-electron chi connectivity index (χ0n) is 14.3. The number of Topliss-reactive ketones (excluding diaryl/α,β-unsaturated/α-hetero) is 1. The Kier molecular flexibility index (Phi) is 5.49. The molecule has 0 aliphatic carbocycles. The normalized spacial score (nSPS) is 20.0. The molecule has 26 heavy (non-hydrogen) atoms. The third kappa shape index (κ3) is 4.00. The van der Waals surface area contributed by atoms with Crippen LogP contribution in [0.4, 0.5) is 0 Å². The Hall–Kier alpha value is -2.92. The van der Waals surface area contributed by atoms with Crippen LogP contribution in [0.2, 0.25) is 0 Å². The minimum atomic E-state index is -0.871. The summed E-state index contributed by atoms with van der Waals surface area (Å²) in [6.07, 6.45) is 0.433. The lowest BCUT2D eigenvalue weighted by Gasteiger charge is -2.12. The van der Waals surface area contributed by atoms with Crippen LogP contribution in [0.3, 0.4) is 0 Å². The quantitative estimate of drug-likeness (QED) is 0.361. The number of carbonyl (C=O) groups is 2. The molecule has 2 aromatic rings. The Labute approximate surface area is 152 Å². The van der Waals surface area contributed by atoms with Crippen molar-refractivity contribution in [2.45, 2.75) is 31.4 Å². The summed E-state index contributed by atoms with van der Waals surface area (Å²) in [5, 5.41) is 10.4. The topological polar surface area (TPSA) is 89.6 Å². The highest BCUT2D eigenvalue weighted by Crippen LogP contribution is 2.24. The summed E-state index contributed by atoms with van der Waals surface area (Å²) in [6.45, 7) is 0. The van der Waals surface area contributed by atoms with E-state index in [0.29, 0.717) is 19.3 Å². The summed E-state index contributed by atoms with van der Waals surface area (Å²) in [7, 11) is 0. The number of ether oxygens (including phenoxy) is 1. The van der Waals surface area contributed by atoms with E-state index in [-0.39, 0.29) is 5.57 Å². The van der Waals surface area contributed by atoms with Crippen molar-refractivity contribution in [1.82, 2.24) is 0 Å². The third-order valence-corrected chi connectivity index (χ3v) is 4.44. The maximum absolute atomic E-state index is 12.5. The predicted octanol–water partition coefficient (Wildman–Crippen LogP) is 2.50. The molecular weight excluding hydrogens is 330 g/mol. The number of aryl methyl sites for hydroxylation is 1. The smallest absolute Gasteiger partial charge is 0.346 e. The molecule has 1 saturated heterocycles. The highest BCUT2D eigenvalue weighted by atomic mass is 16.6. The van der Waals surface area contributed by atoms with Crippen molar-refractivity contribution in [1.29, 1.82) is 0 Å². The van der Waals surface area contributed by atoms with Gasteiger partial charge in [0.25, 0.3) is 0 Å². The minimum Gasteiger partial charge on any atom is -0.510 e. The van der Waals surface area contributed by atoms with Crippen LogP contribution in [0.1, 0.15) is 17.5 Å². The first-order valence-corrected chi connectivity index (χ1v) is 8.58. The number of hydrogen-bond acceptors (Lipinski definition) is 5. The molecule has 2 aromatic carbocycles. The average molecular weight is 351 g/mol. The van der Waals surface area contributed by atoms with Crippen molar-refractivity contribution in [2.24, 2.45) is 5.73 Å². The Morgan fingerprint density at radius 3 is 2.19 bits per heavy atom. The molecular formula is C21H21NO4. The van der Waals surface area contributed by atoms with E-state index in [1.54, 1.807) is 0 Å². The minimum absolute atomic E-state index is 0.313. The highest BCUT2D eigenvalue weighted by molar-refractivity contribution is 6.23. The molecule has 0 amide bonds. The van der Waals surface area contributed by atoms with Crippen molar-refractivity contribution < 1.29 is 19.4 Å². The first-order valence-electron chi connectivity index (χ1n) is 8.58. The number of carbonyl (C=O) groups excluding carboxylic acids is 2.